The summed E-state index contributed by atoms with van der Waals surface area (Å²) in [5.74, 6) is 0.151. The molecule has 1 saturated carbocycles. The summed E-state index contributed by atoms with van der Waals surface area (Å²) in [6.07, 6.45) is 5.24. The van der Waals surface area contributed by atoms with E-state index in [2.05, 4.69) is 15.4 Å². The molecule has 7 nitrogen and oxygen atoms in total. The monoisotopic (exact) mass is 500 g/mol. The summed E-state index contributed by atoms with van der Waals surface area (Å²) in [5, 5.41) is 18.9. The van der Waals surface area contributed by atoms with Crippen molar-refractivity contribution in [3.8, 4) is 11.4 Å². The van der Waals surface area contributed by atoms with Crippen LogP contribution in [0.2, 0.25) is 0 Å². The molecule has 0 bridgehead atoms. The molecule has 2 heterocycles. The van der Waals surface area contributed by atoms with Gasteiger partial charge in [0.05, 0.1) is 29.9 Å². The van der Waals surface area contributed by atoms with Crippen LogP contribution in [0.4, 0.5) is 10.1 Å². The fraction of sp³-hybridized carbons (Fsp3) is 0.276. The van der Waals surface area contributed by atoms with Gasteiger partial charge in [0.1, 0.15) is 22.9 Å². The maximum Gasteiger partial charge on any atom is 0.274 e. The predicted molar refractivity (Wildman–Crippen MR) is 138 cm³/mol. The lowest BCUT2D eigenvalue weighted by Gasteiger charge is -2.29. The molecule has 0 saturated heterocycles. The molecule has 0 spiro atoms. The van der Waals surface area contributed by atoms with Crippen molar-refractivity contribution >= 4 is 11.6 Å². The van der Waals surface area contributed by atoms with Gasteiger partial charge >= 0.3 is 0 Å². The number of benzene rings is 2. The van der Waals surface area contributed by atoms with Crippen molar-refractivity contribution in [2.45, 2.75) is 38.2 Å². The molecule has 1 unspecified atom stereocenters. The van der Waals surface area contributed by atoms with Gasteiger partial charge in [-0.25, -0.2) is 9.07 Å². The minimum atomic E-state index is -1.40. The molecule has 0 radical (unpaired) electrons. The number of hydrogen-bond acceptors (Lipinski definition) is 5. The van der Waals surface area contributed by atoms with Crippen molar-refractivity contribution in [3.63, 3.8) is 0 Å². The highest BCUT2D eigenvalue weighted by Crippen LogP contribution is 2.41. The van der Waals surface area contributed by atoms with E-state index in [9.17, 15) is 14.3 Å². The third kappa shape index (κ3) is 5.24. The van der Waals surface area contributed by atoms with Gasteiger partial charge in [-0.2, -0.15) is 5.10 Å². The first-order chi connectivity index (χ1) is 17.9. The van der Waals surface area contributed by atoms with E-state index in [1.807, 2.05) is 6.07 Å². The molecule has 2 N–H and O–H groups in total. The standard InChI is InChI=1S/C29H29FN4O3/c1-19-17-26(34(33-19)22-9-11-23(37-2)12-10-22)28(35)32-25-18-21(8-13-24(25)30)29(36,15-14-20-6-7-20)27-5-3-4-16-31-27/h3-5,8-13,16-18,20,36H,6-7,14-15H2,1-2H3,(H,32,35). The van der Waals surface area contributed by atoms with Gasteiger partial charge in [-0.1, -0.05) is 25.0 Å². The Labute approximate surface area is 214 Å². The van der Waals surface area contributed by atoms with Crippen molar-refractivity contribution < 1.29 is 19.0 Å². The minimum Gasteiger partial charge on any atom is -0.497 e. The Morgan fingerprint density at radius 3 is 2.62 bits per heavy atom. The van der Waals surface area contributed by atoms with Gasteiger partial charge in [0, 0.05) is 6.20 Å². The van der Waals surface area contributed by atoms with Crippen LogP contribution < -0.4 is 10.1 Å². The number of nitrogens with one attached hydrogen (secondary N) is 1. The molecule has 1 aliphatic carbocycles. The Kier molecular flexibility index (Phi) is 6.76. The molecular weight excluding hydrogens is 471 g/mol. The van der Waals surface area contributed by atoms with Crippen LogP contribution in [0.5, 0.6) is 5.75 Å². The Morgan fingerprint density at radius 2 is 1.95 bits per heavy atom. The second kappa shape index (κ2) is 10.1. The highest BCUT2D eigenvalue weighted by Gasteiger charge is 2.36. The second-order valence-electron chi connectivity index (χ2n) is 9.49. The number of aromatic nitrogens is 3. The van der Waals surface area contributed by atoms with E-state index in [0.29, 0.717) is 40.7 Å². The first kappa shape index (κ1) is 24.6. The average Bonchev–Trinajstić information content (AvgIpc) is 3.68. The highest BCUT2D eigenvalue weighted by molar-refractivity contribution is 6.03. The quantitative estimate of drug-likeness (QED) is 0.321. The van der Waals surface area contributed by atoms with E-state index in [0.717, 1.165) is 19.3 Å². The summed E-state index contributed by atoms with van der Waals surface area (Å²) >= 11 is 0. The topological polar surface area (TPSA) is 89.3 Å². The molecule has 2 aromatic carbocycles. The number of aliphatic hydroxyl groups is 1. The average molecular weight is 501 g/mol. The van der Waals surface area contributed by atoms with E-state index in [4.69, 9.17) is 4.74 Å². The van der Waals surface area contributed by atoms with Crippen LogP contribution in [0, 0.1) is 18.7 Å². The van der Waals surface area contributed by atoms with Crippen LogP contribution in [-0.2, 0) is 5.60 Å². The number of nitrogens with zero attached hydrogens (tertiary/aromatic N) is 3. The number of aryl methyl sites for hydroxylation is 1. The second-order valence-corrected chi connectivity index (χ2v) is 9.49. The number of carbonyl (C=O) groups is 1. The van der Waals surface area contributed by atoms with Gasteiger partial charge in [-0.3, -0.25) is 9.78 Å². The molecule has 0 aliphatic heterocycles. The van der Waals surface area contributed by atoms with Gasteiger partial charge in [0.2, 0.25) is 0 Å². The Bertz CT molecular complexity index is 1400. The number of carbonyl (C=O) groups excluding carboxylic acids is 1. The molecular formula is C29H29FN4O3. The van der Waals surface area contributed by atoms with Gasteiger partial charge < -0.3 is 15.2 Å². The fourth-order valence-corrected chi connectivity index (χ4v) is 4.49. The summed E-state index contributed by atoms with van der Waals surface area (Å²) in [7, 11) is 1.58. The third-order valence-electron chi connectivity index (χ3n) is 6.77. The van der Waals surface area contributed by atoms with Crippen molar-refractivity contribution in [1.29, 1.82) is 0 Å². The van der Waals surface area contributed by atoms with E-state index in [1.54, 1.807) is 68.8 Å². The zero-order valence-electron chi connectivity index (χ0n) is 20.8. The fourth-order valence-electron chi connectivity index (χ4n) is 4.49. The smallest absolute Gasteiger partial charge is 0.274 e. The van der Waals surface area contributed by atoms with E-state index in [1.165, 1.54) is 16.8 Å². The number of methoxy groups -OCH3 is 1. The maximum atomic E-state index is 14.9. The van der Waals surface area contributed by atoms with Gasteiger partial charge in [-0.05, 0) is 85.8 Å². The molecule has 5 rings (SSSR count). The number of halogens is 1. The SMILES string of the molecule is COc1ccc(-n2nc(C)cc2C(=O)Nc2cc(C(O)(CCC3CC3)c3ccccn3)ccc2F)cc1. The Balaban J connectivity index is 1.46. The van der Waals surface area contributed by atoms with Crippen LogP contribution in [0.1, 0.15) is 53.1 Å². The van der Waals surface area contributed by atoms with Crippen molar-refractivity contribution in [3.05, 3.63) is 101 Å². The summed E-state index contributed by atoms with van der Waals surface area (Å²) in [4.78, 5) is 17.7. The maximum absolute atomic E-state index is 14.9. The van der Waals surface area contributed by atoms with E-state index in [-0.39, 0.29) is 11.4 Å². The molecule has 1 atom stereocenters. The molecule has 2 aromatic heterocycles. The summed E-state index contributed by atoms with van der Waals surface area (Å²) < 4.78 is 21.6. The number of hydrogen-bond donors (Lipinski definition) is 2. The number of pyridine rings is 1. The van der Waals surface area contributed by atoms with Crippen LogP contribution >= 0.6 is 0 Å². The zero-order valence-corrected chi connectivity index (χ0v) is 20.8. The first-order valence-electron chi connectivity index (χ1n) is 12.3. The Hall–Kier alpha value is -4.04. The molecule has 37 heavy (non-hydrogen) atoms. The number of amides is 1. The molecule has 1 fully saturated rings. The van der Waals surface area contributed by atoms with Crippen molar-refractivity contribution in [2.24, 2.45) is 5.92 Å². The lowest BCUT2D eigenvalue weighted by atomic mass is 9.84. The number of rotatable bonds is 9. The van der Waals surface area contributed by atoms with E-state index >= 15 is 0 Å². The van der Waals surface area contributed by atoms with Crippen LogP contribution in [0.15, 0.2) is 72.9 Å². The Morgan fingerprint density at radius 1 is 1.16 bits per heavy atom. The number of ether oxygens (including phenoxy) is 1. The van der Waals surface area contributed by atoms with Crippen molar-refractivity contribution in [1.82, 2.24) is 14.8 Å². The van der Waals surface area contributed by atoms with E-state index < -0.39 is 17.3 Å². The summed E-state index contributed by atoms with van der Waals surface area (Å²) in [6.45, 7) is 1.78. The van der Waals surface area contributed by atoms with Crippen LogP contribution in [-0.4, -0.2) is 32.9 Å². The first-order valence-corrected chi connectivity index (χ1v) is 12.3. The molecule has 190 valence electrons. The number of anilines is 1. The summed E-state index contributed by atoms with van der Waals surface area (Å²) in [6, 6.07) is 18.5. The third-order valence-corrected chi connectivity index (χ3v) is 6.77. The van der Waals surface area contributed by atoms with Crippen LogP contribution in [0.25, 0.3) is 5.69 Å². The van der Waals surface area contributed by atoms with Crippen LogP contribution in [0.3, 0.4) is 0 Å². The largest absolute Gasteiger partial charge is 0.497 e. The molecule has 1 aliphatic rings. The predicted octanol–water partition coefficient (Wildman–Crippen LogP) is 5.40. The summed E-state index contributed by atoms with van der Waals surface area (Å²) in [5.41, 5.74) is 1.09. The van der Waals surface area contributed by atoms with Gasteiger partial charge in [-0.15, -0.1) is 0 Å². The normalized spacial score (nSPS) is 14.7. The minimum absolute atomic E-state index is 0.0246. The molecule has 1 amide bonds. The van der Waals surface area contributed by atoms with Gasteiger partial charge in [0.15, 0.2) is 0 Å². The lowest BCUT2D eigenvalue weighted by Crippen LogP contribution is -2.29. The molecule has 8 heteroatoms. The zero-order chi connectivity index (χ0) is 26.0. The van der Waals surface area contributed by atoms with Crippen molar-refractivity contribution in [2.75, 3.05) is 12.4 Å². The lowest BCUT2D eigenvalue weighted by molar-refractivity contribution is 0.0624. The van der Waals surface area contributed by atoms with Gasteiger partial charge in [0.25, 0.3) is 5.91 Å². The highest BCUT2D eigenvalue weighted by atomic mass is 19.1. The molecule has 4 aromatic rings.